The Morgan fingerprint density at radius 2 is 1.52 bits per heavy atom. The van der Waals surface area contributed by atoms with Gasteiger partial charge in [0.2, 0.25) is 11.9 Å². The summed E-state index contributed by atoms with van der Waals surface area (Å²) in [7, 11) is 0. The van der Waals surface area contributed by atoms with Crippen molar-refractivity contribution in [1.82, 2.24) is 15.0 Å². The summed E-state index contributed by atoms with van der Waals surface area (Å²) in [6.45, 7) is 4.45. The van der Waals surface area contributed by atoms with Gasteiger partial charge in [-0.05, 0) is 68.9 Å². The average Bonchev–Trinajstić information content (AvgIpc) is 3.57. The van der Waals surface area contributed by atoms with Crippen molar-refractivity contribution in [3.63, 3.8) is 0 Å². The van der Waals surface area contributed by atoms with Crippen molar-refractivity contribution in [1.29, 1.82) is 0 Å². The summed E-state index contributed by atoms with van der Waals surface area (Å²) in [5.74, 6) is 3.62. The highest BCUT2D eigenvalue weighted by molar-refractivity contribution is 5.76. The number of hydrogen-bond donors (Lipinski definition) is 2. The van der Waals surface area contributed by atoms with E-state index < -0.39 is 0 Å². The number of nitrogens with one attached hydrogen (secondary N) is 2. The molecule has 0 spiro atoms. The van der Waals surface area contributed by atoms with E-state index in [1.165, 1.54) is 36.8 Å². The molecule has 2 unspecified atom stereocenters. The molecule has 5 rings (SSSR count). The van der Waals surface area contributed by atoms with Gasteiger partial charge in [0.1, 0.15) is 0 Å². The first kappa shape index (κ1) is 16.7. The summed E-state index contributed by atoms with van der Waals surface area (Å²) in [5.41, 5.74) is 3.67. The lowest BCUT2D eigenvalue weighted by atomic mass is 10.0. The predicted molar refractivity (Wildman–Crippen MR) is 110 cm³/mol. The van der Waals surface area contributed by atoms with Gasteiger partial charge < -0.3 is 10.6 Å². The van der Waals surface area contributed by atoms with Gasteiger partial charge in [0.15, 0.2) is 5.82 Å². The topological polar surface area (TPSA) is 62.7 Å². The maximum atomic E-state index is 4.79. The molecular formula is C22H27N5. The molecule has 2 N–H and O–H groups in total. The molecule has 1 aromatic carbocycles. The van der Waals surface area contributed by atoms with Crippen LogP contribution in [0.1, 0.15) is 50.7 Å². The van der Waals surface area contributed by atoms with Gasteiger partial charge >= 0.3 is 0 Å². The maximum Gasteiger partial charge on any atom is 0.228 e. The van der Waals surface area contributed by atoms with Gasteiger partial charge in [-0.2, -0.15) is 15.0 Å². The van der Waals surface area contributed by atoms with Crippen LogP contribution in [0.15, 0.2) is 24.3 Å². The van der Waals surface area contributed by atoms with Crippen LogP contribution >= 0.6 is 0 Å². The minimum Gasteiger partial charge on any atom is -0.351 e. The van der Waals surface area contributed by atoms with Crippen molar-refractivity contribution in [3.8, 4) is 11.4 Å². The van der Waals surface area contributed by atoms with Gasteiger partial charge in [0.25, 0.3) is 0 Å². The van der Waals surface area contributed by atoms with Crippen LogP contribution in [-0.2, 0) is 6.42 Å². The van der Waals surface area contributed by atoms with E-state index in [1.807, 2.05) is 0 Å². The van der Waals surface area contributed by atoms with E-state index in [1.54, 1.807) is 0 Å². The monoisotopic (exact) mass is 361 g/mol. The number of allylic oxidation sites excluding steroid dienone is 1. The Morgan fingerprint density at radius 3 is 2.11 bits per heavy atom. The first-order valence-electron chi connectivity index (χ1n) is 10.3. The third-order valence-corrected chi connectivity index (χ3v) is 6.07. The van der Waals surface area contributed by atoms with Crippen molar-refractivity contribution in [2.24, 2.45) is 11.8 Å². The van der Waals surface area contributed by atoms with Crippen LogP contribution in [0.4, 0.5) is 11.9 Å². The molecule has 140 valence electrons. The number of benzene rings is 1. The van der Waals surface area contributed by atoms with E-state index in [9.17, 15) is 0 Å². The largest absolute Gasteiger partial charge is 0.351 e. The van der Waals surface area contributed by atoms with Crippen molar-refractivity contribution < 1.29 is 0 Å². The van der Waals surface area contributed by atoms with E-state index in [4.69, 9.17) is 15.0 Å². The molecule has 2 atom stereocenters. The minimum absolute atomic E-state index is 0.398. The Balaban J connectivity index is 1.50. The summed E-state index contributed by atoms with van der Waals surface area (Å²) >= 11 is 0. The first-order valence-corrected chi connectivity index (χ1v) is 10.3. The van der Waals surface area contributed by atoms with Gasteiger partial charge in [-0.15, -0.1) is 0 Å². The molecule has 27 heavy (non-hydrogen) atoms. The summed E-state index contributed by atoms with van der Waals surface area (Å²) < 4.78 is 0. The van der Waals surface area contributed by atoms with E-state index in [0.717, 1.165) is 29.6 Å². The molecular weight excluding hydrogens is 334 g/mol. The van der Waals surface area contributed by atoms with Crippen LogP contribution in [0.2, 0.25) is 0 Å². The Bertz CT molecular complexity index is 844. The zero-order valence-corrected chi connectivity index (χ0v) is 16.1. The second-order valence-corrected chi connectivity index (χ2v) is 8.33. The highest BCUT2D eigenvalue weighted by Gasteiger charge is 2.30. The molecule has 0 saturated heterocycles. The Hall–Kier alpha value is -2.43. The molecule has 1 heterocycles. The van der Waals surface area contributed by atoms with E-state index in [-0.39, 0.29) is 0 Å². The summed E-state index contributed by atoms with van der Waals surface area (Å²) in [6, 6.07) is 7.20. The van der Waals surface area contributed by atoms with Crippen LogP contribution < -0.4 is 10.6 Å². The number of hydrogen-bond acceptors (Lipinski definition) is 5. The fourth-order valence-electron chi connectivity index (χ4n) is 3.95. The number of nitrogens with zero attached hydrogens (tertiary/aromatic N) is 3. The Kier molecular flexibility index (Phi) is 4.10. The highest BCUT2D eigenvalue weighted by Crippen LogP contribution is 2.36. The van der Waals surface area contributed by atoms with Gasteiger partial charge in [-0.1, -0.05) is 30.4 Å². The number of aromatic nitrogens is 3. The Labute approximate surface area is 160 Å². The molecule has 0 bridgehead atoms. The summed E-state index contributed by atoms with van der Waals surface area (Å²) in [4.78, 5) is 14.3. The molecule has 5 heteroatoms. The SMILES string of the molecule is CC(Nc1nc(NC(C)C2CC2)nc(-c2cccc3c2C=CC3)n1)C1CC1. The molecule has 1 aromatic heterocycles. The van der Waals surface area contributed by atoms with Crippen LogP contribution in [0, 0.1) is 11.8 Å². The smallest absolute Gasteiger partial charge is 0.228 e. The van der Waals surface area contributed by atoms with Crippen LogP contribution in [0.3, 0.4) is 0 Å². The highest BCUT2D eigenvalue weighted by atomic mass is 15.2. The quantitative estimate of drug-likeness (QED) is 0.759. The summed E-state index contributed by atoms with van der Waals surface area (Å²) in [5, 5.41) is 7.04. The van der Waals surface area contributed by atoms with Gasteiger partial charge in [-0.3, -0.25) is 0 Å². The van der Waals surface area contributed by atoms with Crippen molar-refractivity contribution >= 4 is 18.0 Å². The molecule has 3 aliphatic carbocycles. The minimum atomic E-state index is 0.398. The third kappa shape index (κ3) is 3.55. The zero-order valence-electron chi connectivity index (χ0n) is 16.1. The maximum absolute atomic E-state index is 4.79. The second-order valence-electron chi connectivity index (χ2n) is 8.33. The lowest BCUT2D eigenvalue weighted by Crippen LogP contribution is -2.23. The molecule has 5 nitrogen and oxygen atoms in total. The predicted octanol–water partition coefficient (Wildman–Crippen LogP) is 4.53. The molecule has 0 aliphatic heterocycles. The lowest BCUT2D eigenvalue weighted by Gasteiger charge is -2.17. The van der Waals surface area contributed by atoms with Crippen molar-refractivity contribution in [2.75, 3.05) is 10.6 Å². The number of fused-ring (bicyclic) bond motifs is 1. The zero-order chi connectivity index (χ0) is 18.4. The van der Waals surface area contributed by atoms with Gasteiger partial charge in [0, 0.05) is 17.6 Å². The number of anilines is 2. The molecule has 0 amide bonds. The van der Waals surface area contributed by atoms with Crippen molar-refractivity contribution in [2.45, 2.75) is 58.0 Å². The van der Waals surface area contributed by atoms with Crippen LogP contribution in [-0.4, -0.2) is 27.0 Å². The van der Waals surface area contributed by atoms with Gasteiger partial charge in [-0.25, -0.2) is 0 Å². The fraction of sp³-hybridized carbons (Fsp3) is 0.500. The molecule has 2 aromatic rings. The lowest BCUT2D eigenvalue weighted by molar-refractivity contribution is 0.676. The Morgan fingerprint density at radius 1 is 0.889 bits per heavy atom. The van der Waals surface area contributed by atoms with E-state index in [2.05, 4.69) is 54.8 Å². The van der Waals surface area contributed by atoms with Crippen LogP contribution in [0.5, 0.6) is 0 Å². The molecule has 0 radical (unpaired) electrons. The summed E-state index contributed by atoms with van der Waals surface area (Å²) in [6.07, 6.45) is 10.6. The van der Waals surface area contributed by atoms with E-state index >= 15 is 0 Å². The second kappa shape index (κ2) is 6.63. The fourth-order valence-corrected chi connectivity index (χ4v) is 3.95. The molecule has 2 saturated carbocycles. The average molecular weight is 361 g/mol. The van der Waals surface area contributed by atoms with E-state index in [0.29, 0.717) is 24.0 Å². The third-order valence-electron chi connectivity index (χ3n) is 6.07. The van der Waals surface area contributed by atoms with Gasteiger partial charge in [0.05, 0.1) is 0 Å². The molecule has 3 aliphatic rings. The van der Waals surface area contributed by atoms with Crippen LogP contribution in [0.25, 0.3) is 17.5 Å². The molecule has 2 fully saturated rings. The number of rotatable bonds is 7. The normalized spacial score (nSPS) is 20.2. The first-order chi connectivity index (χ1) is 13.2. The van der Waals surface area contributed by atoms with Crippen molar-refractivity contribution in [3.05, 3.63) is 35.4 Å². The standard InChI is InChI=1S/C22H27N5/c1-13(15-9-10-15)23-21-25-20(19-8-4-6-17-5-3-7-18(17)19)26-22(27-21)24-14(2)16-11-12-16/h3-4,6-8,13-16H,5,9-12H2,1-2H3,(H2,23,24,25,26,27).